The third-order valence-electron chi connectivity index (χ3n) is 3.49. The van der Waals surface area contributed by atoms with Crippen molar-refractivity contribution in [3.8, 4) is 0 Å². The van der Waals surface area contributed by atoms with E-state index in [1.165, 1.54) is 43.4 Å². The van der Waals surface area contributed by atoms with Crippen LogP contribution in [0, 0.1) is 11.8 Å². The fraction of sp³-hybridized carbons (Fsp3) is 0.750. The maximum absolute atomic E-state index is 5.62. The SMILES string of the molecule is CC1CCC(CCNc2ncc(N)s2)CC1. The first-order chi connectivity index (χ1) is 7.74. The van der Waals surface area contributed by atoms with Crippen molar-refractivity contribution < 1.29 is 0 Å². The maximum atomic E-state index is 5.62. The van der Waals surface area contributed by atoms with Crippen LogP contribution in [0.5, 0.6) is 0 Å². The lowest BCUT2D eigenvalue weighted by Crippen LogP contribution is -2.15. The molecule has 1 aromatic rings. The highest BCUT2D eigenvalue weighted by atomic mass is 32.1. The van der Waals surface area contributed by atoms with Crippen LogP contribution < -0.4 is 11.1 Å². The minimum Gasteiger partial charge on any atom is -0.389 e. The molecule has 16 heavy (non-hydrogen) atoms. The van der Waals surface area contributed by atoms with Crippen LogP contribution in [0.25, 0.3) is 0 Å². The second kappa shape index (κ2) is 5.53. The van der Waals surface area contributed by atoms with Crippen LogP contribution in [0.3, 0.4) is 0 Å². The van der Waals surface area contributed by atoms with Crippen LogP contribution >= 0.6 is 11.3 Å². The molecule has 1 fully saturated rings. The Morgan fingerprint density at radius 3 is 2.81 bits per heavy atom. The van der Waals surface area contributed by atoms with Gasteiger partial charge in [-0.3, -0.25) is 0 Å². The summed E-state index contributed by atoms with van der Waals surface area (Å²) in [5.74, 6) is 1.86. The zero-order chi connectivity index (χ0) is 11.4. The molecule has 0 saturated heterocycles. The Bertz CT molecular complexity index is 316. The molecule has 0 aliphatic heterocycles. The number of rotatable bonds is 4. The zero-order valence-corrected chi connectivity index (χ0v) is 10.7. The van der Waals surface area contributed by atoms with Gasteiger partial charge >= 0.3 is 0 Å². The monoisotopic (exact) mass is 239 g/mol. The Labute approximate surface area is 101 Å². The Hall–Kier alpha value is -0.770. The summed E-state index contributed by atoms with van der Waals surface area (Å²) < 4.78 is 0. The molecule has 1 aliphatic carbocycles. The number of anilines is 2. The zero-order valence-electron chi connectivity index (χ0n) is 9.91. The van der Waals surface area contributed by atoms with Gasteiger partial charge in [-0.15, -0.1) is 0 Å². The lowest BCUT2D eigenvalue weighted by molar-refractivity contribution is 0.282. The normalized spacial score (nSPS) is 25.6. The Morgan fingerprint density at radius 2 is 2.19 bits per heavy atom. The van der Waals surface area contributed by atoms with E-state index >= 15 is 0 Å². The van der Waals surface area contributed by atoms with Gasteiger partial charge in [0, 0.05) is 6.54 Å². The predicted molar refractivity (Wildman–Crippen MR) is 70.8 cm³/mol. The maximum Gasteiger partial charge on any atom is 0.184 e. The molecule has 0 aromatic carbocycles. The summed E-state index contributed by atoms with van der Waals surface area (Å²) >= 11 is 1.53. The van der Waals surface area contributed by atoms with E-state index in [1.54, 1.807) is 6.20 Å². The summed E-state index contributed by atoms with van der Waals surface area (Å²) in [6.07, 6.45) is 8.62. The number of nitrogen functional groups attached to an aromatic ring is 1. The lowest BCUT2D eigenvalue weighted by atomic mass is 9.81. The fourth-order valence-corrected chi connectivity index (χ4v) is 2.98. The fourth-order valence-electron chi connectivity index (χ4n) is 2.37. The highest BCUT2D eigenvalue weighted by molar-refractivity contribution is 7.19. The first-order valence-corrected chi connectivity index (χ1v) is 7.01. The van der Waals surface area contributed by atoms with Crippen molar-refractivity contribution in [3.05, 3.63) is 6.20 Å². The summed E-state index contributed by atoms with van der Waals surface area (Å²) in [6, 6.07) is 0. The smallest absolute Gasteiger partial charge is 0.184 e. The molecule has 0 unspecified atom stereocenters. The van der Waals surface area contributed by atoms with Crippen LogP contribution in [0.2, 0.25) is 0 Å². The first-order valence-electron chi connectivity index (χ1n) is 6.19. The average molecular weight is 239 g/mol. The van der Waals surface area contributed by atoms with Crippen LogP contribution in [0.4, 0.5) is 10.1 Å². The molecule has 1 heterocycles. The molecule has 0 spiro atoms. The highest BCUT2D eigenvalue weighted by Gasteiger charge is 2.17. The van der Waals surface area contributed by atoms with Gasteiger partial charge in [0.25, 0.3) is 0 Å². The van der Waals surface area contributed by atoms with Crippen molar-refractivity contribution in [2.45, 2.75) is 39.0 Å². The molecule has 0 bridgehead atoms. The topological polar surface area (TPSA) is 50.9 Å². The van der Waals surface area contributed by atoms with E-state index in [-0.39, 0.29) is 0 Å². The standard InChI is InChI=1S/C12H21N3S/c1-9-2-4-10(5-3-9)6-7-14-12-15-8-11(13)16-12/h8-10H,2-7,13H2,1H3,(H,14,15). The minimum absolute atomic E-state index is 0.786. The molecule has 1 saturated carbocycles. The van der Waals surface area contributed by atoms with Gasteiger partial charge in [-0.2, -0.15) is 0 Å². The van der Waals surface area contributed by atoms with E-state index in [4.69, 9.17) is 5.73 Å². The molecular weight excluding hydrogens is 218 g/mol. The van der Waals surface area contributed by atoms with Crippen molar-refractivity contribution in [1.82, 2.24) is 4.98 Å². The third-order valence-corrected chi connectivity index (χ3v) is 4.27. The number of nitrogens with two attached hydrogens (primary N) is 1. The van der Waals surface area contributed by atoms with E-state index < -0.39 is 0 Å². The van der Waals surface area contributed by atoms with Crippen molar-refractivity contribution in [2.75, 3.05) is 17.6 Å². The number of hydrogen-bond donors (Lipinski definition) is 2. The largest absolute Gasteiger partial charge is 0.389 e. The summed E-state index contributed by atoms with van der Waals surface area (Å²) in [4.78, 5) is 4.19. The highest BCUT2D eigenvalue weighted by Crippen LogP contribution is 2.30. The van der Waals surface area contributed by atoms with Crippen molar-refractivity contribution in [3.63, 3.8) is 0 Å². The van der Waals surface area contributed by atoms with Crippen molar-refractivity contribution in [1.29, 1.82) is 0 Å². The van der Waals surface area contributed by atoms with Gasteiger partial charge in [-0.25, -0.2) is 4.98 Å². The van der Waals surface area contributed by atoms with Gasteiger partial charge in [-0.1, -0.05) is 43.9 Å². The molecule has 0 atom stereocenters. The molecule has 3 N–H and O–H groups in total. The summed E-state index contributed by atoms with van der Waals surface area (Å²) in [5.41, 5.74) is 5.62. The lowest BCUT2D eigenvalue weighted by Gasteiger charge is -2.25. The molecule has 2 rings (SSSR count). The molecular formula is C12H21N3S. The Morgan fingerprint density at radius 1 is 1.44 bits per heavy atom. The molecule has 1 aromatic heterocycles. The summed E-state index contributed by atoms with van der Waals surface area (Å²) in [7, 11) is 0. The molecule has 0 amide bonds. The molecule has 3 nitrogen and oxygen atoms in total. The van der Waals surface area contributed by atoms with Crippen LogP contribution in [-0.4, -0.2) is 11.5 Å². The van der Waals surface area contributed by atoms with E-state index in [0.29, 0.717) is 0 Å². The number of hydrogen-bond acceptors (Lipinski definition) is 4. The summed E-state index contributed by atoms with van der Waals surface area (Å²) in [5, 5.41) is 5.10. The first kappa shape index (κ1) is 11.7. The van der Waals surface area contributed by atoms with Gasteiger partial charge in [-0.05, 0) is 18.3 Å². The van der Waals surface area contributed by atoms with Crippen molar-refractivity contribution >= 4 is 21.5 Å². The molecule has 90 valence electrons. The van der Waals surface area contributed by atoms with Gasteiger partial charge in [0.2, 0.25) is 0 Å². The van der Waals surface area contributed by atoms with Gasteiger partial charge in [0.15, 0.2) is 5.13 Å². The minimum atomic E-state index is 0.786. The predicted octanol–water partition coefficient (Wildman–Crippen LogP) is 3.35. The second-order valence-corrected chi connectivity index (χ2v) is 5.97. The quantitative estimate of drug-likeness (QED) is 0.847. The Kier molecular flexibility index (Phi) is 4.04. The molecule has 1 aliphatic rings. The van der Waals surface area contributed by atoms with Crippen LogP contribution in [-0.2, 0) is 0 Å². The van der Waals surface area contributed by atoms with E-state index in [0.717, 1.165) is 28.5 Å². The average Bonchev–Trinajstić information content (AvgIpc) is 2.67. The molecule has 0 radical (unpaired) electrons. The number of nitrogens with zero attached hydrogens (tertiary/aromatic N) is 1. The summed E-state index contributed by atoms with van der Waals surface area (Å²) in [6.45, 7) is 3.40. The molecule has 4 heteroatoms. The number of thiazole rings is 1. The van der Waals surface area contributed by atoms with Gasteiger partial charge in [0.1, 0.15) is 5.00 Å². The van der Waals surface area contributed by atoms with Crippen molar-refractivity contribution in [2.24, 2.45) is 11.8 Å². The van der Waals surface area contributed by atoms with Crippen LogP contribution in [0.1, 0.15) is 39.0 Å². The number of aromatic nitrogens is 1. The Balaban J connectivity index is 1.64. The van der Waals surface area contributed by atoms with E-state index in [2.05, 4.69) is 17.2 Å². The van der Waals surface area contributed by atoms with Gasteiger partial charge in [0.05, 0.1) is 6.20 Å². The second-order valence-electron chi connectivity index (χ2n) is 4.91. The van der Waals surface area contributed by atoms with E-state index in [1.807, 2.05) is 0 Å². The van der Waals surface area contributed by atoms with Gasteiger partial charge < -0.3 is 11.1 Å². The van der Waals surface area contributed by atoms with Crippen LogP contribution in [0.15, 0.2) is 6.20 Å². The third kappa shape index (κ3) is 3.37. The van der Waals surface area contributed by atoms with E-state index in [9.17, 15) is 0 Å². The number of nitrogens with one attached hydrogen (secondary N) is 1.